The molecule has 1 N–H and O–H groups in total. The van der Waals surface area contributed by atoms with E-state index in [1.165, 1.54) is 19.2 Å². The summed E-state index contributed by atoms with van der Waals surface area (Å²) in [5, 5.41) is 8.81. The molecule has 0 saturated heterocycles. The molecular weight excluding hydrogens is 227 g/mol. The Balaban J connectivity index is 3.22. The molecule has 0 bridgehead atoms. The number of ether oxygens (including phenoxy) is 1. The first-order valence-corrected chi connectivity index (χ1v) is 4.11. The van der Waals surface area contributed by atoms with Crippen LogP contribution < -0.4 is 4.74 Å². The molecule has 0 radical (unpaired) electrons. The van der Waals surface area contributed by atoms with Gasteiger partial charge in [0.15, 0.2) is 0 Å². The van der Waals surface area contributed by atoms with Crippen molar-refractivity contribution < 1.29 is 14.2 Å². The molecule has 4 heteroatoms. The summed E-state index contributed by atoms with van der Waals surface area (Å²) in [6.45, 7) is -0.214. The average Bonchev–Trinajstić information content (AvgIpc) is 2.08. The third-order valence-corrected chi connectivity index (χ3v) is 2.37. The van der Waals surface area contributed by atoms with Gasteiger partial charge >= 0.3 is 0 Å². The van der Waals surface area contributed by atoms with Crippen molar-refractivity contribution in [3.8, 4) is 5.75 Å². The van der Waals surface area contributed by atoms with Gasteiger partial charge in [0, 0.05) is 6.07 Å². The minimum atomic E-state index is -0.417. The summed E-state index contributed by atoms with van der Waals surface area (Å²) >= 11 is 3.18. The van der Waals surface area contributed by atoms with E-state index in [4.69, 9.17) is 9.84 Å². The predicted molar refractivity (Wildman–Crippen MR) is 46.6 cm³/mol. The molecular formula is C8H8BrFO2. The summed E-state index contributed by atoms with van der Waals surface area (Å²) in [5.74, 6) is -0.0295. The van der Waals surface area contributed by atoms with E-state index in [-0.39, 0.29) is 6.61 Å². The van der Waals surface area contributed by atoms with Gasteiger partial charge in [-0.05, 0) is 27.6 Å². The van der Waals surface area contributed by atoms with Gasteiger partial charge in [0.05, 0.1) is 18.2 Å². The van der Waals surface area contributed by atoms with Crippen molar-refractivity contribution in [1.29, 1.82) is 0 Å². The minimum absolute atomic E-state index is 0.214. The molecule has 1 aromatic carbocycles. The van der Waals surface area contributed by atoms with Gasteiger partial charge in [-0.3, -0.25) is 0 Å². The van der Waals surface area contributed by atoms with Crippen LogP contribution in [-0.2, 0) is 6.61 Å². The number of halogens is 2. The lowest BCUT2D eigenvalue weighted by molar-refractivity contribution is 0.279. The zero-order valence-corrected chi connectivity index (χ0v) is 8.06. The second kappa shape index (κ2) is 3.87. The normalized spacial score (nSPS) is 10.0. The van der Waals surface area contributed by atoms with Crippen LogP contribution in [0.2, 0.25) is 0 Å². The van der Waals surface area contributed by atoms with Gasteiger partial charge in [0.1, 0.15) is 11.6 Å². The highest BCUT2D eigenvalue weighted by Gasteiger charge is 2.07. The van der Waals surface area contributed by atoms with Gasteiger partial charge in [-0.25, -0.2) is 4.39 Å². The van der Waals surface area contributed by atoms with Gasteiger partial charge in [-0.1, -0.05) is 0 Å². The summed E-state index contributed by atoms with van der Waals surface area (Å²) in [6.07, 6.45) is 0. The zero-order valence-electron chi connectivity index (χ0n) is 6.47. The molecule has 0 saturated carbocycles. The Hall–Kier alpha value is -0.610. The number of benzene rings is 1. The highest BCUT2D eigenvalue weighted by Crippen LogP contribution is 2.29. The van der Waals surface area contributed by atoms with Crippen LogP contribution in [0.5, 0.6) is 5.75 Å². The monoisotopic (exact) mass is 234 g/mol. The average molecular weight is 235 g/mol. The SMILES string of the molecule is COc1cc(F)cc(CO)c1Br. The molecule has 0 aromatic heterocycles. The second-order valence-electron chi connectivity index (χ2n) is 2.24. The first kappa shape index (κ1) is 9.48. The highest BCUT2D eigenvalue weighted by atomic mass is 79.9. The maximum absolute atomic E-state index is 12.8. The van der Waals surface area contributed by atoms with Crippen LogP contribution in [0.25, 0.3) is 0 Å². The van der Waals surface area contributed by atoms with Crippen LogP contribution in [0.4, 0.5) is 4.39 Å². The van der Waals surface area contributed by atoms with E-state index in [2.05, 4.69) is 15.9 Å². The number of hydrogen-bond acceptors (Lipinski definition) is 2. The van der Waals surface area contributed by atoms with Gasteiger partial charge in [-0.2, -0.15) is 0 Å². The number of rotatable bonds is 2. The van der Waals surface area contributed by atoms with Crippen LogP contribution in [0.1, 0.15) is 5.56 Å². The molecule has 12 heavy (non-hydrogen) atoms. The van der Waals surface area contributed by atoms with E-state index in [1.807, 2.05) is 0 Å². The van der Waals surface area contributed by atoms with Crippen molar-refractivity contribution in [3.05, 3.63) is 28.0 Å². The quantitative estimate of drug-likeness (QED) is 0.850. The van der Waals surface area contributed by atoms with Crippen LogP contribution >= 0.6 is 15.9 Å². The third-order valence-electron chi connectivity index (χ3n) is 1.47. The maximum atomic E-state index is 12.8. The van der Waals surface area contributed by atoms with Crippen molar-refractivity contribution in [2.75, 3.05) is 7.11 Å². The second-order valence-corrected chi connectivity index (χ2v) is 3.03. The molecule has 0 unspecified atom stereocenters. The van der Waals surface area contributed by atoms with E-state index in [0.717, 1.165) is 0 Å². The molecule has 1 aromatic rings. The van der Waals surface area contributed by atoms with Gasteiger partial charge in [0.2, 0.25) is 0 Å². The fraction of sp³-hybridized carbons (Fsp3) is 0.250. The number of methoxy groups -OCH3 is 1. The van der Waals surface area contributed by atoms with E-state index in [0.29, 0.717) is 15.8 Å². The van der Waals surface area contributed by atoms with Crippen LogP contribution in [-0.4, -0.2) is 12.2 Å². The lowest BCUT2D eigenvalue weighted by atomic mass is 10.2. The van der Waals surface area contributed by atoms with E-state index in [1.54, 1.807) is 0 Å². The van der Waals surface area contributed by atoms with Gasteiger partial charge < -0.3 is 9.84 Å². The van der Waals surface area contributed by atoms with Crippen LogP contribution in [0, 0.1) is 5.82 Å². The smallest absolute Gasteiger partial charge is 0.136 e. The summed E-state index contributed by atoms with van der Waals surface area (Å²) in [6, 6.07) is 2.51. The number of aliphatic hydroxyl groups is 1. The van der Waals surface area contributed by atoms with Crippen molar-refractivity contribution in [1.82, 2.24) is 0 Å². The largest absolute Gasteiger partial charge is 0.495 e. The van der Waals surface area contributed by atoms with Crippen molar-refractivity contribution >= 4 is 15.9 Å². The molecule has 0 heterocycles. The molecule has 0 aliphatic carbocycles. The molecule has 0 aliphatic rings. The summed E-state index contributed by atoms with van der Waals surface area (Å²) < 4.78 is 18.2. The topological polar surface area (TPSA) is 29.5 Å². The standard InChI is InChI=1S/C8H8BrFO2/c1-12-7-3-6(10)2-5(4-11)8(7)9/h2-3,11H,4H2,1H3. The molecule has 2 nitrogen and oxygen atoms in total. The summed E-state index contributed by atoms with van der Waals surface area (Å²) in [7, 11) is 1.45. The maximum Gasteiger partial charge on any atom is 0.136 e. The lowest BCUT2D eigenvalue weighted by Crippen LogP contribution is -1.92. The van der Waals surface area contributed by atoms with E-state index < -0.39 is 5.82 Å². The predicted octanol–water partition coefficient (Wildman–Crippen LogP) is 2.09. The molecule has 0 spiro atoms. The fourth-order valence-electron chi connectivity index (χ4n) is 0.882. The molecule has 1 rings (SSSR count). The Morgan fingerprint density at radius 1 is 1.58 bits per heavy atom. The molecule has 0 aliphatic heterocycles. The molecule has 0 atom stereocenters. The lowest BCUT2D eigenvalue weighted by Gasteiger charge is -2.06. The Labute approximate surface area is 78.1 Å². The number of hydrogen-bond donors (Lipinski definition) is 1. The molecule has 0 amide bonds. The summed E-state index contributed by atoms with van der Waals surface area (Å²) in [5.41, 5.74) is 0.479. The van der Waals surface area contributed by atoms with Crippen molar-refractivity contribution in [3.63, 3.8) is 0 Å². The highest BCUT2D eigenvalue weighted by molar-refractivity contribution is 9.10. The zero-order chi connectivity index (χ0) is 9.14. The van der Waals surface area contributed by atoms with Crippen LogP contribution in [0.3, 0.4) is 0 Å². The minimum Gasteiger partial charge on any atom is -0.495 e. The third kappa shape index (κ3) is 1.76. The first-order valence-electron chi connectivity index (χ1n) is 3.31. The molecule has 0 fully saturated rings. The Morgan fingerprint density at radius 3 is 2.75 bits per heavy atom. The fourth-order valence-corrected chi connectivity index (χ4v) is 1.40. The Bertz CT molecular complexity index is 263. The Morgan fingerprint density at radius 2 is 2.25 bits per heavy atom. The first-order chi connectivity index (χ1) is 5.69. The van der Waals surface area contributed by atoms with Crippen molar-refractivity contribution in [2.45, 2.75) is 6.61 Å². The van der Waals surface area contributed by atoms with Gasteiger partial charge in [0.25, 0.3) is 0 Å². The van der Waals surface area contributed by atoms with Gasteiger partial charge in [-0.15, -0.1) is 0 Å². The Kier molecular flexibility index (Phi) is 3.05. The van der Waals surface area contributed by atoms with E-state index >= 15 is 0 Å². The van der Waals surface area contributed by atoms with Crippen LogP contribution in [0.15, 0.2) is 16.6 Å². The summed E-state index contributed by atoms with van der Waals surface area (Å²) in [4.78, 5) is 0. The number of aliphatic hydroxyl groups excluding tert-OH is 1. The molecule has 66 valence electrons. The van der Waals surface area contributed by atoms with E-state index in [9.17, 15) is 4.39 Å². The van der Waals surface area contributed by atoms with Crippen molar-refractivity contribution in [2.24, 2.45) is 0 Å².